The van der Waals surface area contributed by atoms with Crippen LogP contribution in [0.1, 0.15) is 18.2 Å². The molecule has 1 aromatic carbocycles. The molecule has 98 valence electrons. The first kappa shape index (κ1) is 13.1. The first-order valence-electron chi connectivity index (χ1n) is 6.06. The maximum absolute atomic E-state index is 11.0. The third-order valence-electron chi connectivity index (χ3n) is 2.62. The van der Waals surface area contributed by atoms with Crippen molar-refractivity contribution in [2.45, 2.75) is 20.5 Å². The van der Waals surface area contributed by atoms with E-state index in [-0.39, 0.29) is 5.91 Å². The Morgan fingerprint density at radius 1 is 1.32 bits per heavy atom. The predicted molar refractivity (Wildman–Crippen MR) is 74.1 cm³/mol. The Morgan fingerprint density at radius 3 is 2.79 bits per heavy atom. The summed E-state index contributed by atoms with van der Waals surface area (Å²) >= 11 is 0. The minimum atomic E-state index is -0.0785. The van der Waals surface area contributed by atoms with E-state index in [4.69, 9.17) is 4.74 Å². The number of aryl methyl sites for hydroxylation is 1. The molecule has 0 fully saturated rings. The second-order valence-electron chi connectivity index (χ2n) is 4.27. The fourth-order valence-corrected chi connectivity index (χ4v) is 1.70. The Morgan fingerprint density at radius 2 is 2.16 bits per heavy atom. The van der Waals surface area contributed by atoms with E-state index in [1.807, 2.05) is 43.3 Å². The minimum absolute atomic E-state index is 0.0785. The van der Waals surface area contributed by atoms with Crippen LogP contribution in [0.25, 0.3) is 0 Å². The molecular formula is C15H16N2O2. The Balaban J connectivity index is 2.02. The first-order valence-corrected chi connectivity index (χ1v) is 6.06. The van der Waals surface area contributed by atoms with Crippen LogP contribution in [0.15, 0.2) is 42.6 Å². The molecular weight excluding hydrogens is 240 g/mol. The number of hydrogen-bond donors (Lipinski definition) is 1. The van der Waals surface area contributed by atoms with E-state index in [0.29, 0.717) is 6.61 Å². The fourth-order valence-electron chi connectivity index (χ4n) is 1.70. The van der Waals surface area contributed by atoms with Gasteiger partial charge in [0.1, 0.15) is 12.4 Å². The molecule has 2 rings (SSSR count). The fraction of sp³-hybridized carbons (Fsp3) is 0.200. The van der Waals surface area contributed by atoms with E-state index < -0.39 is 0 Å². The topological polar surface area (TPSA) is 51.2 Å². The highest BCUT2D eigenvalue weighted by Gasteiger charge is 2.03. The molecule has 0 unspecified atom stereocenters. The summed E-state index contributed by atoms with van der Waals surface area (Å²) in [5, 5.41) is 2.77. The van der Waals surface area contributed by atoms with Crippen molar-refractivity contribution in [2.24, 2.45) is 0 Å². The Labute approximate surface area is 112 Å². The van der Waals surface area contributed by atoms with E-state index in [1.54, 1.807) is 6.20 Å². The highest BCUT2D eigenvalue weighted by Crippen LogP contribution is 2.21. The zero-order chi connectivity index (χ0) is 13.7. The molecule has 19 heavy (non-hydrogen) atoms. The summed E-state index contributed by atoms with van der Waals surface area (Å²) in [6, 6.07) is 11.3. The molecule has 0 aliphatic heterocycles. The van der Waals surface area contributed by atoms with Gasteiger partial charge in [-0.2, -0.15) is 0 Å². The van der Waals surface area contributed by atoms with Gasteiger partial charge >= 0.3 is 0 Å². The number of carbonyl (C=O) groups is 1. The quantitative estimate of drug-likeness (QED) is 0.915. The van der Waals surface area contributed by atoms with Gasteiger partial charge in [0.2, 0.25) is 5.91 Å². The van der Waals surface area contributed by atoms with Gasteiger partial charge in [-0.15, -0.1) is 0 Å². The Bertz CT molecular complexity index is 568. The number of rotatable bonds is 4. The molecule has 4 heteroatoms. The SMILES string of the molecule is CC(=O)Nc1ccc(OCc2ccccn2)cc1C. The van der Waals surface area contributed by atoms with Crippen molar-refractivity contribution < 1.29 is 9.53 Å². The summed E-state index contributed by atoms with van der Waals surface area (Å²) in [4.78, 5) is 15.2. The number of amides is 1. The van der Waals surface area contributed by atoms with Gasteiger partial charge in [0.15, 0.2) is 0 Å². The van der Waals surface area contributed by atoms with Gasteiger partial charge in [-0.05, 0) is 42.8 Å². The largest absolute Gasteiger partial charge is 0.487 e. The highest BCUT2D eigenvalue weighted by molar-refractivity contribution is 5.89. The minimum Gasteiger partial charge on any atom is -0.487 e. The molecule has 0 radical (unpaired) electrons. The number of ether oxygens (including phenoxy) is 1. The summed E-state index contributed by atoms with van der Waals surface area (Å²) in [7, 11) is 0. The average Bonchev–Trinajstić information content (AvgIpc) is 2.40. The number of benzene rings is 1. The molecule has 0 aliphatic carbocycles. The lowest BCUT2D eigenvalue weighted by Gasteiger charge is -2.10. The zero-order valence-electron chi connectivity index (χ0n) is 11.0. The molecule has 0 saturated heterocycles. The summed E-state index contributed by atoms with van der Waals surface area (Å²) in [6.45, 7) is 3.85. The molecule has 0 saturated carbocycles. The number of hydrogen-bond acceptors (Lipinski definition) is 3. The van der Waals surface area contributed by atoms with Gasteiger partial charge in [-0.1, -0.05) is 6.07 Å². The number of nitrogens with zero attached hydrogens (tertiary/aromatic N) is 1. The van der Waals surface area contributed by atoms with Crippen LogP contribution in [0.2, 0.25) is 0 Å². The lowest BCUT2D eigenvalue weighted by molar-refractivity contribution is -0.114. The number of pyridine rings is 1. The summed E-state index contributed by atoms with van der Waals surface area (Å²) in [6.07, 6.45) is 1.74. The predicted octanol–water partition coefficient (Wildman–Crippen LogP) is 2.93. The maximum Gasteiger partial charge on any atom is 0.221 e. The molecule has 1 amide bonds. The van der Waals surface area contributed by atoms with Crippen LogP contribution in [0.5, 0.6) is 5.75 Å². The van der Waals surface area contributed by atoms with Gasteiger partial charge in [-0.3, -0.25) is 9.78 Å². The standard InChI is InChI=1S/C15H16N2O2/c1-11-9-14(6-7-15(11)17-12(2)18)19-10-13-5-3-4-8-16-13/h3-9H,10H2,1-2H3,(H,17,18). The molecule has 1 heterocycles. The molecule has 0 bridgehead atoms. The molecule has 0 aliphatic rings. The number of aromatic nitrogens is 1. The van der Waals surface area contributed by atoms with Crippen LogP contribution >= 0.6 is 0 Å². The van der Waals surface area contributed by atoms with Crippen molar-refractivity contribution in [3.8, 4) is 5.75 Å². The highest BCUT2D eigenvalue weighted by atomic mass is 16.5. The van der Waals surface area contributed by atoms with Crippen LogP contribution in [-0.4, -0.2) is 10.9 Å². The van der Waals surface area contributed by atoms with Crippen molar-refractivity contribution in [3.05, 3.63) is 53.9 Å². The van der Waals surface area contributed by atoms with E-state index in [0.717, 1.165) is 22.7 Å². The monoisotopic (exact) mass is 256 g/mol. The number of carbonyl (C=O) groups excluding carboxylic acids is 1. The van der Waals surface area contributed by atoms with E-state index in [1.165, 1.54) is 6.92 Å². The average molecular weight is 256 g/mol. The van der Waals surface area contributed by atoms with E-state index >= 15 is 0 Å². The molecule has 0 spiro atoms. The molecule has 2 aromatic rings. The van der Waals surface area contributed by atoms with E-state index in [2.05, 4.69) is 10.3 Å². The molecule has 0 atom stereocenters. The lowest BCUT2D eigenvalue weighted by Crippen LogP contribution is -2.07. The lowest BCUT2D eigenvalue weighted by atomic mass is 10.2. The Kier molecular flexibility index (Phi) is 4.13. The normalized spacial score (nSPS) is 10.0. The smallest absolute Gasteiger partial charge is 0.221 e. The van der Waals surface area contributed by atoms with Crippen molar-refractivity contribution in [1.29, 1.82) is 0 Å². The first-order chi connectivity index (χ1) is 9.15. The van der Waals surface area contributed by atoms with Gasteiger partial charge in [-0.25, -0.2) is 0 Å². The number of anilines is 1. The number of nitrogens with one attached hydrogen (secondary N) is 1. The van der Waals surface area contributed by atoms with Gasteiger partial charge in [0.25, 0.3) is 0 Å². The van der Waals surface area contributed by atoms with Crippen LogP contribution in [0, 0.1) is 6.92 Å². The zero-order valence-corrected chi connectivity index (χ0v) is 11.0. The van der Waals surface area contributed by atoms with Crippen LogP contribution in [0.3, 0.4) is 0 Å². The summed E-state index contributed by atoms with van der Waals surface area (Å²) < 4.78 is 5.66. The second kappa shape index (κ2) is 6.00. The third-order valence-corrected chi connectivity index (χ3v) is 2.62. The molecule has 1 N–H and O–H groups in total. The van der Waals surface area contributed by atoms with Crippen molar-refractivity contribution >= 4 is 11.6 Å². The molecule has 4 nitrogen and oxygen atoms in total. The molecule has 1 aromatic heterocycles. The van der Waals surface area contributed by atoms with Gasteiger partial charge < -0.3 is 10.1 Å². The van der Waals surface area contributed by atoms with Crippen LogP contribution < -0.4 is 10.1 Å². The van der Waals surface area contributed by atoms with Crippen molar-refractivity contribution in [3.63, 3.8) is 0 Å². The Hall–Kier alpha value is -2.36. The summed E-state index contributed by atoms with van der Waals surface area (Å²) in [5.41, 5.74) is 2.65. The van der Waals surface area contributed by atoms with Crippen LogP contribution in [-0.2, 0) is 11.4 Å². The second-order valence-corrected chi connectivity index (χ2v) is 4.27. The summed E-state index contributed by atoms with van der Waals surface area (Å²) in [5.74, 6) is 0.683. The third kappa shape index (κ3) is 3.81. The van der Waals surface area contributed by atoms with Crippen molar-refractivity contribution in [2.75, 3.05) is 5.32 Å². The maximum atomic E-state index is 11.0. The van der Waals surface area contributed by atoms with Crippen molar-refractivity contribution in [1.82, 2.24) is 4.98 Å². The van der Waals surface area contributed by atoms with Gasteiger partial charge in [0, 0.05) is 18.8 Å². The van der Waals surface area contributed by atoms with Gasteiger partial charge in [0.05, 0.1) is 5.69 Å². The van der Waals surface area contributed by atoms with E-state index in [9.17, 15) is 4.79 Å². The van der Waals surface area contributed by atoms with Crippen LogP contribution in [0.4, 0.5) is 5.69 Å².